The van der Waals surface area contributed by atoms with Crippen LogP contribution in [0.4, 0.5) is 4.39 Å². The number of amides is 1. The predicted octanol–water partition coefficient (Wildman–Crippen LogP) is 4.96. The molecular weight excluding hydrogens is 345 g/mol. The fraction of sp³-hybridized carbons (Fsp3) is 0.136. The predicted molar refractivity (Wildman–Crippen MR) is 105 cm³/mol. The van der Waals surface area contributed by atoms with Gasteiger partial charge in [-0.05, 0) is 28.8 Å². The number of hydrogen-bond donors (Lipinski definition) is 1. The fourth-order valence-corrected chi connectivity index (χ4v) is 3.77. The van der Waals surface area contributed by atoms with Gasteiger partial charge in [0.2, 0.25) is 5.91 Å². The Hall–Kier alpha value is -2.59. The zero-order chi connectivity index (χ0) is 18.2. The van der Waals surface area contributed by atoms with E-state index in [1.165, 1.54) is 23.3 Å². The molecule has 0 bridgehead atoms. The molecule has 0 unspecified atom stereocenters. The number of carbonyl (C=O) groups excluding carboxylic acids is 1. The minimum absolute atomic E-state index is 0.0313. The summed E-state index contributed by atoms with van der Waals surface area (Å²) in [6, 6.07) is 26.5. The molecule has 0 aliphatic heterocycles. The smallest absolute Gasteiger partial charge is 0.230 e. The summed E-state index contributed by atoms with van der Waals surface area (Å²) in [4.78, 5) is 12.2. The standard InChI is InChI=1S/C22H20FNOS/c23-20-13-11-17(12-14-20)15-24-21(25)16-26-22(18-7-3-1-4-8-18)19-9-5-2-6-10-19/h1-14,22H,15-16H2,(H,24,25). The number of carbonyl (C=O) groups is 1. The molecule has 1 amide bonds. The zero-order valence-electron chi connectivity index (χ0n) is 14.3. The van der Waals surface area contributed by atoms with Gasteiger partial charge in [-0.15, -0.1) is 11.8 Å². The maximum Gasteiger partial charge on any atom is 0.230 e. The number of rotatable bonds is 7. The molecule has 0 spiro atoms. The topological polar surface area (TPSA) is 29.1 Å². The molecule has 3 rings (SSSR count). The van der Waals surface area contributed by atoms with E-state index in [4.69, 9.17) is 0 Å². The van der Waals surface area contributed by atoms with Crippen molar-refractivity contribution in [3.05, 3.63) is 107 Å². The molecule has 0 radical (unpaired) electrons. The lowest BCUT2D eigenvalue weighted by molar-refractivity contribution is -0.118. The Labute approximate surface area is 157 Å². The third-order valence-corrected chi connectivity index (χ3v) is 5.30. The molecule has 0 fully saturated rings. The van der Waals surface area contributed by atoms with Crippen LogP contribution in [0.15, 0.2) is 84.9 Å². The third-order valence-electron chi connectivity index (χ3n) is 3.99. The van der Waals surface area contributed by atoms with Crippen molar-refractivity contribution < 1.29 is 9.18 Å². The van der Waals surface area contributed by atoms with Crippen molar-refractivity contribution in [3.8, 4) is 0 Å². The Bertz CT molecular complexity index is 782. The van der Waals surface area contributed by atoms with E-state index >= 15 is 0 Å². The Kier molecular flexibility index (Phi) is 6.45. The second-order valence-electron chi connectivity index (χ2n) is 5.92. The first-order valence-electron chi connectivity index (χ1n) is 8.45. The molecule has 3 aromatic carbocycles. The van der Waals surface area contributed by atoms with Crippen molar-refractivity contribution in [1.29, 1.82) is 0 Å². The SMILES string of the molecule is O=C(CSC(c1ccccc1)c1ccccc1)NCc1ccc(F)cc1. The molecule has 0 aliphatic rings. The van der Waals surface area contributed by atoms with Crippen LogP contribution in [0.2, 0.25) is 0 Å². The molecule has 0 aliphatic carbocycles. The molecule has 1 N–H and O–H groups in total. The summed E-state index contributed by atoms with van der Waals surface area (Å²) in [5.74, 6) is 0.0516. The number of thioether (sulfide) groups is 1. The van der Waals surface area contributed by atoms with Crippen molar-refractivity contribution in [2.45, 2.75) is 11.8 Å². The highest BCUT2D eigenvalue weighted by molar-refractivity contribution is 8.00. The van der Waals surface area contributed by atoms with E-state index in [0.717, 1.165) is 5.56 Å². The van der Waals surface area contributed by atoms with Gasteiger partial charge in [-0.2, -0.15) is 0 Å². The highest BCUT2D eigenvalue weighted by Gasteiger charge is 2.16. The molecule has 0 heterocycles. The van der Waals surface area contributed by atoms with Gasteiger partial charge in [0.1, 0.15) is 5.82 Å². The van der Waals surface area contributed by atoms with Gasteiger partial charge in [-0.25, -0.2) is 4.39 Å². The molecule has 0 saturated heterocycles. The minimum Gasteiger partial charge on any atom is -0.351 e. The number of hydrogen-bond acceptors (Lipinski definition) is 2. The van der Waals surface area contributed by atoms with Gasteiger partial charge in [0.25, 0.3) is 0 Å². The maximum atomic E-state index is 12.9. The van der Waals surface area contributed by atoms with Crippen LogP contribution in [0.25, 0.3) is 0 Å². The summed E-state index contributed by atoms with van der Waals surface area (Å²) in [5.41, 5.74) is 3.23. The van der Waals surface area contributed by atoms with Gasteiger partial charge in [0.05, 0.1) is 11.0 Å². The Morgan fingerprint density at radius 3 is 1.92 bits per heavy atom. The lowest BCUT2D eigenvalue weighted by Gasteiger charge is -2.17. The Morgan fingerprint density at radius 2 is 1.38 bits per heavy atom. The van der Waals surface area contributed by atoms with Crippen molar-refractivity contribution >= 4 is 17.7 Å². The summed E-state index contributed by atoms with van der Waals surface area (Å²) in [7, 11) is 0. The van der Waals surface area contributed by atoms with Crippen LogP contribution in [0.5, 0.6) is 0 Å². The normalized spacial score (nSPS) is 10.7. The summed E-state index contributed by atoms with van der Waals surface area (Å²) in [6.45, 7) is 0.404. The average molecular weight is 365 g/mol. The van der Waals surface area contributed by atoms with Gasteiger partial charge in [0.15, 0.2) is 0 Å². The van der Waals surface area contributed by atoms with Gasteiger partial charge < -0.3 is 5.32 Å². The highest BCUT2D eigenvalue weighted by atomic mass is 32.2. The van der Waals surface area contributed by atoms with E-state index in [0.29, 0.717) is 12.3 Å². The first-order valence-corrected chi connectivity index (χ1v) is 9.50. The second-order valence-corrected chi connectivity index (χ2v) is 7.01. The van der Waals surface area contributed by atoms with Crippen LogP contribution in [0.3, 0.4) is 0 Å². The number of benzene rings is 3. The molecule has 0 aromatic heterocycles. The van der Waals surface area contributed by atoms with Crippen molar-refractivity contribution in [1.82, 2.24) is 5.32 Å². The number of nitrogens with one attached hydrogen (secondary N) is 1. The quantitative estimate of drug-likeness (QED) is 0.641. The third kappa shape index (κ3) is 5.20. The van der Waals surface area contributed by atoms with Crippen LogP contribution in [0.1, 0.15) is 21.9 Å². The largest absolute Gasteiger partial charge is 0.351 e. The van der Waals surface area contributed by atoms with E-state index in [1.54, 1.807) is 23.9 Å². The highest BCUT2D eigenvalue weighted by Crippen LogP contribution is 2.35. The van der Waals surface area contributed by atoms with E-state index in [2.05, 4.69) is 29.6 Å². The summed E-state index contributed by atoms with van der Waals surface area (Å²) in [6.07, 6.45) is 0. The first kappa shape index (κ1) is 18.2. The number of halogens is 1. The molecular formula is C22H20FNOS. The van der Waals surface area contributed by atoms with Gasteiger partial charge >= 0.3 is 0 Å². The van der Waals surface area contributed by atoms with Crippen LogP contribution in [-0.4, -0.2) is 11.7 Å². The summed E-state index contributed by atoms with van der Waals surface area (Å²) in [5, 5.41) is 3.00. The molecule has 3 aromatic rings. The van der Waals surface area contributed by atoms with Crippen molar-refractivity contribution in [2.75, 3.05) is 5.75 Å². The molecule has 0 saturated carbocycles. The average Bonchev–Trinajstić information content (AvgIpc) is 2.69. The van der Waals surface area contributed by atoms with Crippen molar-refractivity contribution in [2.24, 2.45) is 0 Å². The monoisotopic (exact) mass is 365 g/mol. The Morgan fingerprint density at radius 1 is 0.846 bits per heavy atom. The molecule has 132 valence electrons. The first-order chi connectivity index (χ1) is 12.7. The van der Waals surface area contributed by atoms with Crippen LogP contribution in [0, 0.1) is 5.82 Å². The molecule has 26 heavy (non-hydrogen) atoms. The lowest BCUT2D eigenvalue weighted by Crippen LogP contribution is -2.25. The molecule has 0 atom stereocenters. The van der Waals surface area contributed by atoms with Crippen LogP contribution < -0.4 is 5.32 Å². The van der Waals surface area contributed by atoms with Gasteiger partial charge in [0, 0.05) is 6.54 Å². The van der Waals surface area contributed by atoms with E-state index < -0.39 is 0 Å². The van der Waals surface area contributed by atoms with Crippen LogP contribution in [-0.2, 0) is 11.3 Å². The summed E-state index contributed by atoms with van der Waals surface area (Å²) >= 11 is 1.60. The maximum absolute atomic E-state index is 12.9. The Balaban J connectivity index is 1.60. The summed E-state index contributed by atoms with van der Waals surface area (Å²) < 4.78 is 12.9. The van der Waals surface area contributed by atoms with Crippen LogP contribution >= 0.6 is 11.8 Å². The van der Waals surface area contributed by atoms with E-state index in [-0.39, 0.29) is 17.0 Å². The van der Waals surface area contributed by atoms with E-state index in [1.807, 2.05) is 36.4 Å². The fourth-order valence-electron chi connectivity index (χ4n) is 2.65. The lowest BCUT2D eigenvalue weighted by atomic mass is 10.0. The second kappa shape index (κ2) is 9.20. The molecule has 2 nitrogen and oxygen atoms in total. The minimum atomic E-state index is -0.274. The van der Waals surface area contributed by atoms with Gasteiger partial charge in [-0.1, -0.05) is 72.8 Å². The van der Waals surface area contributed by atoms with Crippen molar-refractivity contribution in [3.63, 3.8) is 0 Å². The van der Waals surface area contributed by atoms with E-state index in [9.17, 15) is 9.18 Å². The zero-order valence-corrected chi connectivity index (χ0v) is 15.1. The molecule has 4 heteroatoms. The van der Waals surface area contributed by atoms with Gasteiger partial charge in [-0.3, -0.25) is 4.79 Å².